The van der Waals surface area contributed by atoms with Gasteiger partial charge >= 0.3 is 12.0 Å². The van der Waals surface area contributed by atoms with E-state index in [1.54, 1.807) is 44.2 Å². The number of rotatable bonds is 9. The van der Waals surface area contributed by atoms with Gasteiger partial charge in [0.1, 0.15) is 6.04 Å². The second-order valence-electron chi connectivity index (χ2n) is 10.8. The molecular formula is C33H32N4O5S2. The summed E-state index contributed by atoms with van der Waals surface area (Å²) in [4.78, 5) is 29.3. The van der Waals surface area contributed by atoms with Crippen LogP contribution in [0.15, 0.2) is 83.8 Å². The second-order valence-corrected chi connectivity index (χ2v) is 13.5. The Bertz CT molecular complexity index is 1960. The van der Waals surface area contributed by atoms with Crippen molar-refractivity contribution in [1.82, 2.24) is 9.71 Å². The van der Waals surface area contributed by atoms with Crippen molar-refractivity contribution in [2.24, 2.45) is 0 Å². The molecule has 44 heavy (non-hydrogen) atoms. The van der Waals surface area contributed by atoms with Crippen LogP contribution >= 0.6 is 11.3 Å². The van der Waals surface area contributed by atoms with Gasteiger partial charge in [-0.3, -0.25) is 10.1 Å². The molecule has 5 rings (SSSR count). The zero-order chi connectivity index (χ0) is 31.6. The number of benzene rings is 4. The summed E-state index contributed by atoms with van der Waals surface area (Å²) >= 11 is 1.40. The molecule has 0 spiro atoms. The number of hydrogen-bond acceptors (Lipinski definition) is 6. The number of urea groups is 1. The molecule has 1 aromatic heterocycles. The van der Waals surface area contributed by atoms with Gasteiger partial charge in [-0.15, -0.1) is 0 Å². The number of aromatic nitrogens is 1. The maximum atomic E-state index is 13.2. The maximum absolute atomic E-state index is 13.2. The van der Waals surface area contributed by atoms with Crippen molar-refractivity contribution in [3.05, 3.63) is 107 Å². The van der Waals surface area contributed by atoms with Crippen LogP contribution in [0.3, 0.4) is 0 Å². The third kappa shape index (κ3) is 7.13. The van der Waals surface area contributed by atoms with E-state index in [4.69, 9.17) is 0 Å². The van der Waals surface area contributed by atoms with Crippen LogP contribution in [0, 0.1) is 27.7 Å². The molecule has 226 valence electrons. The topological polar surface area (TPSA) is 137 Å². The number of aryl methyl sites for hydroxylation is 4. The number of fused-ring (bicyclic) bond motifs is 1. The molecule has 2 amide bonds. The number of carboxylic acid groups (broad SMARTS) is 1. The van der Waals surface area contributed by atoms with Gasteiger partial charge < -0.3 is 10.4 Å². The van der Waals surface area contributed by atoms with Crippen molar-refractivity contribution < 1.29 is 23.1 Å². The number of nitrogens with one attached hydrogen (secondary N) is 3. The largest absolute Gasteiger partial charge is 0.480 e. The van der Waals surface area contributed by atoms with Crippen LogP contribution in [0.25, 0.3) is 21.3 Å². The standard InChI is InChI=1S/C33H32N4O5S2/c1-19-8-13-27-29(16-19)43-33(35-27)36-32(40)34-26-7-5-6-25(18-26)24-11-9-23(10-12-24)17-28(31(38)39)37-44(41,42)30-21(3)14-20(2)15-22(30)4/h5-16,18,28,37H,17H2,1-4H3,(H,38,39)(H2,34,35,36,40). The minimum atomic E-state index is -4.07. The van der Waals surface area contributed by atoms with Crippen molar-refractivity contribution in [2.45, 2.75) is 45.1 Å². The van der Waals surface area contributed by atoms with E-state index in [1.807, 2.05) is 62.4 Å². The summed E-state index contributed by atoms with van der Waals surface area (Å²) in [7, 11) is -4.07. The van der Waals surface area contributed by atoms with Gasteiger partial charge in [0.25, 0.3) is 0 Å². The van der Waals surface area contributed by atoms with Crippen LogP contribution in [-0.4, -0.2) is 36.6 Å². The summed E-state index contributed by atoms with van der Waals surface area (Å²) in [6.07, 6.45) is -0.0358. The Labute approximate surface area is 260 Å². The third-order valence-electron chi connectivity index (χ3n) is 7.08. The van der Waals surface area contributed by atoms with Crippen LogP contribution in [0.1, 0.15) is 27.8 Å². The van der Waals surface area contributed by atoms with Gasteiger partial charge in [-0.05, 0) is 91.8 Å². The number of thiazole rings is 1. The van der Waals surface area contributed by atoms with E-state index in [-0.39, 0.29) is 11.3 Å². The molecule has 9 nitrogen and oxygen atoms in total. The van der Waals surface area contributed by atoms with E-state index in [0.717, 1.165) is 32.5 Å². The van der Waals surface area contributed by atoms with Gasteiger partial charge in [0, 0.05) is 5.69 Å². The first kappa shape index (κ1) is 30.9. The first-order valence-corrected chi connectivity index (χ1v) is 16.2. The Balaban J connectivity index is 1.25. The number of aliphatic carboxylic acids is 1. The summed E-state index contributed by atoms with van der Waals surface area (Å²) in [5.41, 5.74) is 6.92. The average Bonchev–Trinajstić information content (AvgIpc) is 3.33. The highest BCUT2D eigenvalue weighted by atomic mass is 32.2. The summed E-state index contributed by atoms with van der Waals surface area (Å²) in [6.45, 7) is 7.28. The first-order valence-electron chi connectivity index (χ1n) is 13.9. The fourth-order valence-electron chi connectivity index (χ4n) is 5.21. The molecule has 1 heterocycles. The normalized spacial score (nSPS) is 12.2. The fraction of sp³-hybridized carbons (Fsp3) is 0.182. The highest BCUT2D eigenvalue weighted by Crippen LogP contribution is 2.28. The predicted octanol–water partition coefficient (Wildman–Crippen LogP) is 6.82. The Morgan fingerprint density at radius 1 is 0.841 bits per heavy atom. The monoisotopic (exact) mass is 628 g/mol. The Kier molecular flexibility index (Phi) is 8.82. The van der Waals surface area contributed by atoms with Crippen LogP contribution in [0.2, 0.25) is 0 Å². The fourth-order valence-corrected chi connectivity index (χ4v) is 7.81. The summed E-state index contributed by atoms with van der Waals surface area (Å²) in [5, 5.41) is 16.0. The molecule has 1 unspecified atom stereocenters. The van der Waals surface area contributed by atoms with Crippen LogP contribution < -0.4 is 15.4 Å². The Hall–Kier alpha value is -4.58. The summed E-state index contributed by atoms with van der Waals surface area (Å²) in [6, 6.07) is 22.2. The lowest BCUT2D eigenvalue weighted by molar-refractivity contribution is -0.138. The molecule has 0 bridgehead atoms. The number of hydrogen-bond donors (Lipinski definition) is 4. The van der Waals surface area contributed by atoms with Gasteiger partial charge in [-0.1, -0.05) is 71.5 Å². The third-order valence-corrected chi connectivity index (χ3v) is 9.79. The highest BCUT2D eigenvalue weighted by Gasteiger charge is 2.28. The number of carbonyl (C=O) groups excluding carboxylic acids is 1. The Morgan fingerprint density at radius 3 is 2.23 bits per heavy atom. The number of amides is 2. The van der Waals surface area contributed by atoms with Crippen molar-refractivity contribution in [2.75, 3.05) is 10.6 Å². The van der Waals surface area contributed by atoms with Gasteiger partial charge in [0.05, 0.1) is 15.1 Å². The second kappa shape index (κ2) is 12.6. The number of anilines is 2. The zero-order valence-electron chi connectivity index (χ0n) is 24.6. The van der Waals surface area contributed by atoms with Crippen molar-refractivity contribution in [3.63, 3.8) is 0 Å². The van der Waals surface area contributed by atoms with Gasteiger partial charge in [0.2, 0.25) is 10.0 Å². The molecule has 0 fully saturated rings. The minimum absolute atomic E-state index is 0.0358. The lowest BCUT2D eigenvalue weighted by atomic mass is 10.0. The number of sulfonamides is 1. The SMILES string of the molecule is Cc1cc(C)c(S(=O)(=O)NC(Cc2ccc(-c3cccc(NC(=O)Nc4nc5ccc(C)cc5s4)c3)cc2)C(=O)O)c(C)c1. The minimum Gasteiger partial charge on any atom is -0.480 e. The molecule has 4 aromatic carbocycles. The van der Waals surface area contributed by atoms with Crippen LogP contribution in [0.5, 0.6) is 0 Å². The molecule has 11 heteroatoms. The average molecular weight is 629 g/mol. The summed E-state index contributed by atoms with van der Waals surface area (Å²) < 4.78 is 29.7. The van der Waals surface area contributed by atoms with Crippen molar-refractivity contribution >= 4 is 54.4 Å². The van der Waals surface area contributed by atoms with Gasteiger partial charge in [-0.25, -0.2) is 18.2 Å². The molecule has 0 saturated carbocycles. The van der Waals surface area contributed by atoms with Crippen molar-refractivity contribution in [1.29, 1.82) is 0 Å². The molecule has 0 saturated heterocycles. The zero-order valence-corrected chi connectivity index (χ0v) is 26.3. The van der Waals surface area contributed by atoms with E-state index < -0.39 is 28.1 Å². The molecule has 0 aliphatic rings. The first-order chi connectivity index (χ1) is 20.9. The molecule has 5 aromatic rings. The van der Waals surface area contributed by atoms with Crippen LogP contribution in [-0.2, 0) is 21.2 Å². The molecule has 1 atom stereocenters. The smallest absolute Gasteiger partial charge is 0.325 e. The van der Waals surface area contributed by atoms with E-state index in [1.165, 1.54) is 11.3 Å². The molecule has 0 aliphatic heterocycles. The Morgan fingerprint density at radius 2 is 1.55 bits per heavy atom. The number of carboxylic acids is 1. The molecule has 0 aliphatic carbocycles. The quantitative estimate of drug-likeness (QED) is 0.141. The summed E-state index contributed by atoms with van der Waals surface area (Å²) in [5.74, 6) is -1.27. The molecule has 0 radical (unpaired) electrons. The predicted molar refractivity (Wildman–Crippen MR) is 175 cm³/mol. The lowest BCUT2D eigenvalue weighted by Crippen LogP contribution is -2.42. The maximum Gasteiger partial charge on any atom is 0.325 e. The number of nitrogens with zero attached hydrogens (tertiary/aromatic N) is 1. The van der Waals surface area contributed by atoms with Gasteiger partial charge in [-0.2, -0.15) is 4.72 Å². The molecular weight excluding hydrogens is 597 g/mol. The van der Waals surface area contributed by atoms with E-state index in [0.29, 0.717) is 27.5 Å². The molecule has 4 N–H and O–H groups in total. The van der Waals surface area contributed by atoms with E-state index in [9.17, 15) is 23.1 Å². The van der Waals surface area contributed by atoms with Gasteiger partial charge in [0.15, 0.2) is 5.13 Å². The number of carbonyl (C=O) groups is 2. The van der Waals surface area contributed by atoms with Crippen LogP contribution in [0.4, 0.5) is 15.6 Å². The van der Waals surface area contributed by atoms with E-state index >= 15 is 0 Å². The lowest BCUT2D eigenvalue weighted by Gasteiger charge is -2.18. The van der Waals surface area contributed by atoms with E-state index in [2.05, 4.69) is 20.3 Å². The highest BCUT2D eigenvalue weighted by molar-refractivity contribution is 7.89. The van der Waals surface area contributed by atoms with Crippen molar-refractivity contribution in [3.8, 4) is 11.1 Å².